The Hall–Kier alpha value is -3.19. The van der Waals surface area contributed by atoms with Gasteiger partial charge in [0.15, 0.2) is 0 Å². The number of rotatable bonds is 5. The van der Waals surface area contributed by atoms with E-state index in [0.29, 0.717) is 10.4 Å². The molecule has 13 heteroatoms. The minimum atomic E-state index is -4.13. The normalized spacial score (nSPS) is 15.5. The molecule has 0 amide bonds. The Morgan fingerprint density at radius 3 is 2.26 bits per heavy atom. The van der Waals surface area contributed by atoms with Crippen molar-refractivity contribution in [3.8, 4) is 0 Å². The van der Waals surface area contributed by atoms with Crippen LogP contribution in [0.15, 0.2) is 86.1 Å². The number of sulfonamides is 1. The molecule has 0 radical (unpaired) electrons. The highest BCUT2D eigenvalue weighted by molar-refractivity contribution is 7.91. The molecule has 182 valence electrons. The smallest absolute Gasteiger partial charge is 0.361 e. The quantitative estimate of drug-likeness (QED) is 0.384. The summed E-state index contributed by atoms with van der Waals surface area (Å²) in [5.74, 6) is -0.353. The maximum atomic E-state index is 13.7. The van der Waals surface area contributed by atoms with Crippen LogP contribution in [0.1, 0.15) is 0 Å². The van der Waals surface area contributed by atoms with E-state index in [2.05, 4.69) is 5.27 Å². The van der Waals surface area contributed by atoms with E-state index in [0.717, 1.165) is 10.2 Å². The van der Waals surface area contributed by atoms with Gasteiger partial charge >= 0.3 is 10.9 Å². The number of nitrogen functional groups attached to an aromatic ring is 1. The predicted molar refractivity (Wildman–Crippen MR) is 129 cm³/mol. The zero-order valence-corrected chi connectivity index (χ0v) is 20.7. The van der Waals surface area contributed by atoms with Gasteiger partial charge in [-0.25, -0.2) is 16.8 Å². The Balaban J connectivity index is 1.44. The summed E-state index contributed by atoms with van der Waals surface area (Å²) in [6.07, 6.45) is 0. The number of aromatic nitrogens is 2. The van der Waals surface area contributed by atoms with Crippen LogP contribution < -0.4 is 15.5 Å². The van der Waals surface area contributed by atoms with Crippen molar-refractivity contribution in [2.24, 2.45) is 0 Å². The van der Waals surface area contributed by atoms with E-state index in [-0.39, 0.29) is 46.9 Å². The van der Waals surface area contributed by atoms with E-state index in [1.165, 1.54) is 34.6 Å². The zero-order valence-electron chi connectivity index (χ0n) is 18.3. The Morgan fingerprint density at radius 2 is 1.54 bits per heavy atom. The molecule has 0 spiro atoms. The Morgan fingerprint density at radius 1 is 0.886 bits per heavy atom. The molecule has 2 N–H and O–H groups in total. The zero-order chi connectivity index (χ0) is 24.8. The first-order chi connectivity index (χ1) is 16.7. The average Bonchev–Trinajstić information content (AvgIpc) is 3.26. The molecule has 1 saturated heterocycles. The fourth-order valence-electron chi connectivity index (χ4n) is 4.07. The molecule has 0 bridgehead atoms. The van der Waals surface area contributed by atoms with Crippen LogP contribution in [0.5, 0.6) is 0 Å². The summed E-state index contributed by atoms with van der Waals surface area (Å²) >= 11 is 5.87. The molecule has 1 aromatic heterocycles. The molecule has 2 heterocycles. The van der Waals surface area contributed by atoms with Crippen LogP contribution in [-0.4, -0.2) is 52.6 Å². The van der Waals surface area contributed by atoms with E-state index in [1.54, 1.807) is 23.2 Å². The molecule has 5 rings (SSSR count). The van der Waals surface area contributed by atoms with Crippen molar-refractivity contribution in [2.75, 3.05) is 36.9 Å². The first-order valence-corrected chi connectivity index (χ1v) is 13.9. The highest BCUT2D eigenvalue weighted by Gasteiger charge is 2.43. The Bertz CT molecular complexity index is 1610. The summed E-state index contributed by atoms with van der Waals surface area (Å²) in [5, 5.41) is 6.87. The maximum Gasteiger partial charge on any atom is 0.425 e. The Kier molecular flexibility index (Phi) is 5.91. The van der Waals surface area contributed by atoms with Crippen molar-refractivity contribution in [2.45, 2.75) is 14.8 Å². The van der Waals surface area contributed by atoms with Gasteiger partial charge in [-0.1, -0.05) is 48.0 Å². The van der Waals surface area contributed by atoms with Crippen LogP contribution in [-0.2, 0) is 19.9 Å². The number of benzene rings is 3. The lowest BCUT2D eigenvalue weighted by Crippen LogP contribution is -2.67. The van der Waals surface area contributed by atoms with Crippen molar-refractivity contribution in [1.82, 2.24) is 9.58 Å². The second-order valence-electron chi connectivity index (χ2n) is 7.92. The standard InChI is InChI=1S/C22H21ClN5O5S2/c23-17-8-10-18(11-9-17)35(31,32)27-14-12-26(13-15-27)28-22(21(24)33-25-28)34(29,30)20-7-3-5-16-4-1-2-6-19(16)20/h1-11H,12-15,24H2/q+1. The van der Waals surface area contributed by atoms with Gasteiger partial charge in [0.05, 0.1) is 27.7 Å². The highest BCUT2D eigenvalue weighted by atomic mass is 35.5. The highest BCUT2D eigenvalue weighted by Crippen LogP contribution is 2.29. The number of hydrogen-bond donors (Lipinski definition) is 1. The molecule has 0 saturated carbocycles. The predicted octanol–water partition coefficient (Wildman–Crippen LogP) is 1.83. The third-order valence-electron chi connectivity index (χ3n) is 5.84. The second-order valence-corrected chi connectivity index (χ2v) is 12.1. The second kappa shape index (κ2) is 8.79. The first kappa shape index (κ1) is 23.5. The number of nitrogens with zero attached hydrogens (tertiary/aromatic N) is 4. The SMILES string of the molecule is Nc1on[n+](N2CCN(S(=O)(=O)c3ccc(Cl)cc3)CC2)c1S(=O)(=O)c1cccc2ccccc12. The number of hydrogen-bond acceptors (Lipinski definition) is 8. The average molecular weight is 535 g/mol. The third-order valence-corrected chi connectivity index (χ3v) is 9.81. The fraction of sp³-hybridized carbons (Fsp3) is 0.182. The minimum absolute atomic E-state index is 0.0724. The van der Waals surface area contributed by atoms with Crippen LogP contribution in [0.2, 0.25) is 5.02 Å². The maximum absolute atomic E-state index is 13.7. The molecule has 35 heavy (non-hydrogen) atoms. The van der Waals surface area contributed by atoms with E-state index >= 15 is 0 Å². The van der Waals surface area contributed by atoms with Gasteiger partial charge in [-0.2, -0.15) is 4.31 Å². The van der Waals surface area contributed by atoms with Gasteiger partial charge in [0.1, 0.15) is 0 Å². The lowest BCUT2D eigenvalue weighted by atomic mass is 10.1. The topological polar surface area (TPSA) is 131 Å². The van der Waals surface area contributed by atoms with Gasteiger partial charge in [-0.15, -0.1) is 5.01 Å². The van der Waals surface area contributed by atoms with Gasteiger partial charge in [0.2, 0.25) is 15.3 Å². The number of anilines is 1. The molecule has 10 nitrogen and oxygen atoms in total. The molecule has 3 aromatic carbocycles. The summed E-state index contributed by atoms with van der Waals surface area (Å²) in [6.45, 7) is 0.556. The van der Waals surface area contributed by atoms with Crippen LogP contribution in [0.4, 0.5) is 5.88 Å². The number of halogens is 1. The van der Waals surface area contributed by atoms with Gasteiger partial charge in [-0.05, 0) is 35.7 Å². The number of fused-ring (bicyclic) bond motifs is 1. The lowest BCUT2D eigenvalue weighted by Gasteiger charge is -2.29. The summed E-state index contributed by atoms with van der Waals surface area (Å²) < 4.78 is 59.7. The molecule has 0 unspecified atom stereocenters. The van der Waals surface area contributed by atoms with Crippen molar-refractivity contribution < 1.29 is 26.1 Å². The van der Waals surface area contributed by atoms with Gasteiger partial charge in [-0.3, -0.25) is 4.52 Å². The number of nitrogens with two attached hydrogens (primary N) is 1. The Labute approximate surface area is 207 Å². The molecular weight excluding hydrogens is 514 g/mol. The van der Waals surface area contributed by atoms with Crippen LogP contribution >= 0.6 is 11.6 Å². The third kappa shape index (κ3) is 4.12. The molecule has 1 aliphatic heterocycles. The molecule has 0 atom stereocenters. The van der Waals surface area contributed by atoms with Gasteiger partial charge in [0, 0.05) is 23.5 Å². The van der Waals surface area contributed by atoms with E-state index in [1.807, 2.05) is 18.2 Å². The van der Waals surface area contributed by atoms with Crippen LogP contribution in [0.25, 0.3) is 10.8 Å². The molecule has 4 aromatic rings. The minimum Gasteiger partial charge on any atom is -0.361 e. The van der Waals surface area contributed by atoms with Crippen molar-refractivity contribution in [1.29, 1.82) is 0 Å². The largest absolute Gasteiger partial charge is 0.425 e. The van der Waals surface area contributed by atoms with E-state index in [9.17, 15) is 16.8 Å². The summed E-state index contributed by atoms with van der Waals surface area (Å²) in [5.41, 5.74) is 5.93. The lowest BCUT2D eigenvalue weighted by molar-refractivity contribution is -0.790. The van der Waals surface area contributed by atoms with Gasteiger partial charge in [0.25, 0.3) is 9.84 Å². The summed E-state index contributed by atoms with van der Waals surface area (Å²) in [7, 11) is -7.86. The molecule has 0 aliphatic carbocycles. The first-order valence-electron chi connectivity index (χ1n) is 10.6. The fourth-order valence-corrected chi connectivity index (χ4v) is 7.23. The monoisotopic (exact) mass is 534 g/mol. The van der Waals surface area contributed by atoms with E-state index < -0.39 is 19.9 Å². The van der Waals surface area contributed by atoms with Crippen molar-refractivity contribution in [3.63, 3.8) is 0 Å². The van der Waals surface area contributed by atoms with Crippen LogP contribution in [0.3, 0.4) is 0 Å². The van der Waals surface area contributed by atoms with Crippen molar-refractivity contribution in [3.05, 3.63) is 71.8 Å². The molecule has 1 aliphatic rings. The number of sulfone groups is 1. The molecule has 1 fully saturated rings. The van der Waals surface area contributed by atoms with Gasteiger partial charge < -0.3 is 5.73 Å². The van der Waals surface area contributed by atoms with Crippen LogP contribution in [0, 0.1) is 0 Å². The summed E-state index contributed by atoms with van der Waals surface area (Å²) in [6, 6.07) is 18.0. The number of piperazine rings is 1. The van der Waals surface area contributed by atoms with E-state index in [4.69, 9.17) is 21.9 Å². The molecular formula is C22H21ClN5O5S2+. The van der Waals surface area contributed by atoms with Crippen molar-refractivity contribution >= 4 is 48.1 Å². The summed E-state index contributed by atoms with van der Waals surface area (Å²) in [4.78, 5) is 1.31.